The quantitative estimate of drug-likeness (QED) is 0.462. The number of hydrogen-bond donors (Lipinski definition) is 0. The van der Waals surface area contributed by atoms with Gasteiger partial charge in [-0.2, -0.15) is 0 Å². The molecule has 0 aliphatic heterocycles. The molecule has 104 valence electrons. The summed E-state index contributed by atoms with van der Waals surface area (Å²) in [4.78, 5) is 21.7. The number of methoxy groups -OCH3 is 1. The van der Waals surface area contributed by atoms with Crippen molar-refractivity contribution in [2.45, 2.75) is 13.0 Å². The van der Waals surface area contributed by atoms with E-state index in [0.29, 0.717) is 18.5 Å². The molecule has 2 rings (SSSR count). The molecule has 1 aromatic heterocycles. The first-order valence-corrected chi connectivity index (χ1v) is 5.82. The number of nitrogens with zero attached hydrogens (tertiary/aromatic N) is 4. The zero-order valence-electron chi connectivity index (χ0n) is 10.7. The summed E-state index contributed by atoms with van der Waals surface area (Å²) in [6, 6.07) is 6.50. The Hall–Kier alpha value is -2.77. The van der Waals surface area contributed by atoms with Crippen molar-refractivity contribution in [2.75, 3.05) is 7.11 Å². The molecule has 0 bridgehead atoms. The van der Waals surface area contributed by atoms with Gasteiger partial charge in [-0.05, 0) is 6.42 Å². The molecule has 2 aromatic rings. The molecule has 0 fully saturated rings. The molecule has 0 N–H and O–H groups in total. The monoisotopic (exact) mass is 276 g/mol. The number of benzene rings is 1. The maximum atomic E-state index is 11.2. The topological polar surface area (TPSA) is 100 Å². The third-order valence-corrected chi connectivity index (χ3v) is 2.73. The van der Waals surface area contributed by atoms with Gasteiger partial charge in [-0.3, -0.25) is 14.8 Å². The number of nitro benzene ring substituents is 1. The van der Waals surface area contributed by atoms with Crippen LogP contribution in [0.2, 0.25) is 0 Å². The zero-order valence-corrected chi connectivity index (χ0v) is 10.7. The van der Waals surface area contributed by atoms with Gasteiger partial charge >= 0.3 is 5.97 Å². The van der Waals surface area contributed by atoms with E-state index in [0.717, 1.165) is 0 Å². The van der Waals surface area contributed by atoms with Gasteiger partial charge in [-0.25, -0.2) is 4.79 Å². The highest BCUT2D eigenvalue weighted by molar-refractivity contribution is 5.86. The van der Waals surface area contributed by atoms with E-state index in [2.05, 4.69) is 15.0 Å². The molecular formula is C12H12N4O4. The van der Waals surface area contributed by atoms with Crippen LogP contribution < -0.4 is 0 Å². The first-order chi connectivity index (χ1) is 9.61. The van der Waals surface area contributed by atoms with Crippen LogP contribution in [0, 0.1) is 10.1 Å². The van der Waals surface area contributed by atoms with Gasteiger partial charge in [0.2, 0.25) is 0 Å². The lowest BCUT2D eigenvalue weighted by Gasteiger charge is -2.02. The molecule has 0 saturated carbocycles. The average Bonchev–Trinajstić information content (AvgIpc) is 2.93. The summed E-state index contributed by atoms with van der Waals surface area (Å²) in [6.45, 7) is 0.384. The number of aryl methyl sites for hydroxylation is 2. The van der Waals surface area contributed by atoms with Gasteiger partial charge < -0.3 is 4.74 Å². The molecule has 0 spiro atoms. The summed E-state index contributed by atoms with van der Waals surface area (Å²) in [5.41, 5.74) is 0.781. The molecule has 0 aliphatic rings. The predicted molar refractivity (Wildman–Crippen MR) is 68.2 cm³/mol. The minimum Gasteiger partial charge on any atom is -0.464 e. The molecule has 8 heteroatoms. The van der Waals surface area contributed by atoms with E-state index in [4.69, 9.17) is 0 Å². The zero-order chi connectivity index (χ0) is 14.5. The van der Waals surface area contributed by atoms with E-state index in [9.17, 15) is 14.9 Å². The average molecular weight is 276 g/mol. The van der Waals surface area contributed by atoms with Gasteiger partial charge in [-0.1, -0.05) is 23.4 Å². The maximum Gasteiger partial charge on any atom is 0.360 e. The molecule has 0 saturated heterocycles. The number of nitro groups is 1. The highest BCUT2D eigenvalue weighted by Crippen LogP contribution is 2.18. The van der Waals surface area contributed by atoms with Gasteiger partial charge in [-0.15, -0.1) is 5.10 Å². The van der Waals surface area contributed by atoms with Crippen molar-refractivity contribution >= 4 is 11.7 Å². The molecule has 1 heterocycles. The third kappa shape index (κ3) is 2.97. The Bertz CT molecular complexity index is 638. The van der Waals surface area contributed by atoms with Crippen molar-refractivity contribution in [1.29, 1.82) is 0 Å². The minimum absolute atomic E-state index is 0.0702. The molecule has 8 nitrogen and oxygen atoms in total. The van der Waals surface area contributed by atoms with Crippen LogP contribution >= 0.6 is 0 Å². The molecule has 0 atom stereocenters. The fourth-order valence-corrected chi connectivity index (χ4v) is 1.74. The second kappa shape index (κ2) is 5.91. The summed E-state index contributed by atoms with van der Waals surface area (Å²) in [5.74, 6) is -0.568. The van der Waals surface area contributed by atoms with Gasteiger partial charge in [0.1, 0.15) is 0 Å². The molecule has 0 unspecified atom stereocenters. The largest absolute Gasteiger partial charge is 0.464 e. The molecule has 20 heavy (non-hydrogen) atoms. The van der Waals surface area contributed by atoms with E-state index in [1.165, 1.54) is 24.1 Å². The lowest BCUT2D eigenvalue weighted by Crippen LogP contribution is -2.04. The number of hydrogen-bond acceptors (Lipinski definition) is 6. The summed E-state index contributed by atoms with van der Waals surface area (Å²) >= 11 is 0. The van der Waals surface area contributed by atoms with Crippen LogP contribution in [0.1, 0.15) is 16.1 Å². The van der Waals surface area contributed by atoms with Gasteiger partial charge in [0, 0.05) is 18.2 Å². The van der Waals surface area contributed by atoms with Crippen molar-refractivity contribution in [3.8, 4) is 0 Å². The summed E-state index contributed by atoms with van der Waals surface area (Å²) in [7, 11) is 1.26. The van der Waals surface area contributed by atoms with Crippen LogP contribution in [-0.2, 0) is 17.7 Å². The van der Waals surface area contributed by atoms with Crippen LogP contribution in [0.15, 0.2) is 30.5 Å². The van der Waals surface area contributed by atoms with E-state index in [1.807, 2.05) is 0 Å². The van der Waals surface area contributed by atoms with Crippen LogP contribution in [0.25, 0.3) is 0 Å². The van der Waals surface area contributed by atoms with Gasteiger partial charge in [0.15, 0.2) is 5.69 Å². The minimum atomic E-state index is -0.568. The van der Waals surface area contributed by atoms with Crippen molar-refractivity contribution < 1.29 is 14.5 Å². The molecular weight excluding hydrogens is 264 g/mol. The Labute approximate surface area is 114 Å². The lowest BCUT2D eigenvalue weighted by atomic mass is 10.1. The summed E-state index contributed by atoms with van der Waals surface area (Å²) in [6.07, 6.45) is 1.86. The fourth-order valence-electron chi connectivity index (χ4n) is 1.74. The molecule has 0 amide bonds. The second-order valence-corrected chi connectivity index (χ2v) is 3.99. The Balaban J connectivity index is 2.07. The number of carbonyl (C=O) groups is 1. The fraction of sp³-hybridized carbons (Fsp3) is 0.250. The number of para-hydroxylation sites is 1. The highest BCUT2D eigenvalue weighted by Gasteiger charge is 2.14. The maximum absolute atomic E-state index is 11.2. The summed E-state index contributed by atoms with van der Waals surface area (Å²) in [5, 5.41) is 18.3. The van der Waals surface area contributed by atoms with Gasteiger partial charge in [0.25, 0.3) is 5.69 Å². The normalized spacial score (nSPS) is 10.2. The van der Waals surface area contributed by atoms with E-state index < -0.39 is 10.9 Å². The van der Waals surface area contributed by atoms with Crippen molar-refractivity contribution in [1.82, 2.24) is 15.0 Å². The predicted octanol–water partition coefficient (Wildman–Crippen LogP) is 1.22. The first kappa shape index (κ1) is 13.7. The number of aromatic nitrogens is 3. The third-order valence-electron chi connectivity index (χ3n) is 2.73. The number of ether oxygens (including phenoxy) is 1. The van der Waals surface area contributed by atoms with E-state index in [1.54, 1.807) is 18.2 Å². The van der Waals surface area contributed by atoms with Crippen molar-refractivity contribution in [2.24, 2.45) is 0 Å². The lowest BCUT2D eigenvalue weighted by molar-refractivity contribution is -0.385. The Morgan fingerprint density at radius 1 is 1.45 bits per heavy atom. The Kier molecular flexibility index (Phi) is 4.04. The van der Waals surface area contributed by atoms with Gasteiger partial charge in [0.05, 0.1) is 18.2 Å². The summed E-state index contributed by atoms with van der Waals surface area (Å²) < 4.78 is 5.97. The molecule has 0 radical (unpaired) electrons. The van der Waals surface area contributed by atoms with Crippen LogP contribution in [-0.4, -0.2) is 33.0 Å². The number of rotatable bonds is 5. The Morgan fingerprint density at radius 2 is 2.20 bits per heavy atom. The molecule has 0 aliphatic carbocycles. The highest BCUT2D eigenvalue weighted by atomic mass is 16.6. The van der Waals surface area contributed by atoms with Crippen LogP contribution in [0.5, 0.6) is 0 Å². The van der Waals surface area contributed by atoms with Crippen molar-refractivity contribution in [3.05, 3.63) is 51.8 Å². The second-order valence-electron chi connectivity index (χ2n) is 3.99. The number of esters is 1. The van der Waals surface area contributed by atoms with Crippen LogP contribution in [0.3, 0.4) is 0 Å². The standard InChI is InChI=1S/C12H12N4O4/c1-20-12(17)10-8-15(14-13-10)7-6-9-4-2-3-5-11(9)16(18)19/h2-5,8H,6-7H2,1H3. The SMILES string of the molecule is COC(=O)c1cn(CCc2ccccc2[N+](=O)[O-])nn1. The Morgan fingerprint density at radius 3 is 2.90 bits per heavy atom. The number of carbonyl (C=O) groups excluding carboxylic acids is 1. The van der Waals surface area contributed by atoms with Crippen LogP contribution in [0.4, 0.5) is 5.69 Å². The van der Waals surface area contributed by atoms with E-state index in [-0.39, 0.29) is 11.4 Å². The first-order valence-electron chi connectivity index (χ1n) is 5.82. The van der Waals surface area contributed by atoms with Crippen molar-refractivity contribution in [3.63, 3.8) is 0 Å². The van der Waals surface area contributed by atoms with E-state index >= 15 is 0 Å². The molecule has 1 aromatic carbocycles. The smallest absolute Gasteiger partial charge is 0.360 e.